The van der Waals surface area contributed by atoms with Crippen molar-refractivity contribution < 1.29 is 9.90 Å². The van der Waals surface area contributed by atoms with Crippen molar-refractivity contribution in [1.82, 2.24) is 9.97 Å². The van der Waals surface area contributed by atoms with Crippen LogP contribution in [0, 0.1) is 0 Å². The van der Waals surface area contributed by atoms with Gasteiger partial charge in [0.25, 0.3) is 0 Å². The molecule has 6 heteroatoms. The Morgan fingerprint density at radius 3 is 2.00 bits per heavy atom. The molecule has 102 valence electrons. The van der Waals surface area contributed by atoms with E-state index >= 15 is 0 Å². The average molecular weight is 292 g/mol. The van der Waals surface area contributed by atoms with Gasteiger partial charge in [-0.05, 0) is 19.8 Å². The van der Waals surface area contributed by atoms with E-state index in [1.807, 2.05) is 6.92 Å². The van der Waals surface area contributed by atoms with Gasteiger partial charge in [0.2, 0.25) is 0 Å². The van der Waals surface area contributed by atoms with Gasteiger partial charge in [0.1, 0.15) is 16.1 Å². The Kier molecular flexibility index (Phi) is 8.67. The first-order valence-corrected chi connectivity index (χ1v) is 6.56. The number of hydrogen-bond donors (Lipinski definition) is 0. The Morgan fingerprint density at radius 1 is 1.22 bits per heavy atom. The molecule has 0 aliphatic rings. The van der Waals surface area contributed by atoms with Gasteiger partial charge < -0.3 is 9.90 Å². The maximum absolute atomic E-state index is 8.89. The molecular weight excluding hydrogens is 275 g/mol. The largest absolute Gasteiger partial charge is 0.550 e. The van der Waals surface area contributed by atoms with Crippen molar-refractivity contribution in [1.29, 1.82) is 0 Å². The van der Waals surface area contributed by atoms with Crippen molar-refractivity contribution in [3.8, 4) is 0 Å². The lowest BCUT2D eigenvalue weighted by atomic mass is 10.2. The van der Waals surface area contributed by atoms with E-state index in [4.69, 9.17) is 33.1 Å². The third-order valence-electron chi connectivity index (χ3n) is 2.06. The first-order valence-electron chi connectivity index (χ1n) is 5.80. The predicted molar refractivity (Wildman–Crippen MR) is 70.7 cm³/mol. The van der Waals surface area contributed by atoms with Crippen LogP contribution in [0.5, 0.6) is 0 Å². The number of carbonyl (C=O) groups is 1. The minimum absolute atomic E-state index is 0.499. The third-order valence-corrected chi connectivity index (χ3v) is 2.69. The summed E-state index contributed by atoms with van der Waals surface area (Å²) in [5, 5.41) is 9.89. The van der Waals surface area contributed by atoms with E-state index in [0.717, 1.165) is 44.0 Å². The summed E-state index contributed by atoms with van der Waals surface area (Å²) < 4.78 is 0. The van der Waals surface area contributed by atoms with Gasteiger partial charge in [0.15, 0.2) is 0 Å². The molecule has 0 atom stereocenters. The van der Waals surface area contributed by atoms with Crippen LogP contribution in [0.4, 0.5) is 0 Å². The fourth-order valence-corrected chi connectivity index (χ4v) is 1.90. The predicted octanol–water partition coefficient (Wildman–Crippen LogP) is 2.44. The molecule has 1 heterocycles. The molecule has 0 spiro atoms. The van der Waals surface area contributed by atoms with E-state index in [-0.39, 0.29) is 0 Å². The highest BCUT2D eigenvalue weighted by atomic mass is 35.5. The molecule has 4 nitrogen and oxygen atoms in total. The Bertz CT molecular complexity index is 371. The van der Waals surface area contributed by atoms with E-state index in [1.165, 1.54) is 0 Å². The summed E-state index contributed by atoms with van der Waals surface area (Å²) in [5.41, 5.74) is 0.841. The fraction of sp³-hybridized carbons (Fsp3) is 0.583. The summed E-state index contributed by atoms with van der Waals surface area (Å²) in [5.74, 6) is -0.334. The third kappa shape index (κ3) is 6.77. The Hall–Kier alpha value is -0.870. The molecular formula is C12H17Cl2N2O2-. The number of hydrogen-bond acceptors (Lipinski definition) is 4. The van der Waals surface area contributed by atoms with Gasteiger partial charge in [0.05, 0.1) is 0 Å². The lowest BCUT2D eigenvalue weighted by Crippen LogP contribution is -2.16. The standard InChI is InChI=1S/C10H14Cl2N2.C2H4O2/c1-3-5-6-8-13-9(11)7(4-2)10(12)14-8;1-2(3)4/h3-6H2,1-2H3;1H3,(H,3,4)/p-1. The molecule has 0 fully saturated rings. The van der Waals surface area contributed by atoms with Gasteiger partial charge in [-0.3, -0.25) is 0 Å². The minimum atomic E-state index is -1.08. The zero-order chi connectivity index (χ0) is 14.1. The van der Waals surface area contributed by atoms with Crippen LogP contribution in [0.3, 0.4) is 0 Å². The van der Waals surface area contributed by atoms with Crippen molar-refractivity contribution >= 4 is 29.2 Å². The first kappa shape index (κ1) is 17.1. The monoisotopic (exact) mass is 291 g/mol. The lowest BCUT2D eigenvalue weighted by molar-refractivity contribution is -0.302. The molecule has 1 aromatic rings. The van der Waals surface area contributed by atoms with Crippen LogP contribution >= 0.6 is 23.2 Å². The molecule has 18 heavy (non-hydrogen) atoms. The maximum Gasteiger partial charge on any atom is 0.137 e. The van der Waals surface area contributed by atoms with E-state index in [1.54, 1.807) is 0 Å². The number of aryl methyl sites for hydroxylation is 1. The van der Waals surface area contributed by atoms with Crippen molar-refractivity contribution in [3.63, 3.8) is 0 Å². The zero-order valence-electron chi connectivity index (χ0n) is 10.8. The maximum atomic E-state index is 8.89. The lowest BCUT2D eigenvalue weighted by Gasteiger charge is -2.05. The van der Waals surface area contributed by atoms with Crippen LogP contribution in [0.15, 0.2) is 0 Å². The Balaban J connectivity index is 0.000000631. The topological polar surface area (TPSA) is 65.9 Å². The van der Waals surface area contributed by atoms with Crippen molar-refractivity contribution in [2.45, 2.75) is 46.5 Å². The number of rotatable bonds is 4. The van der Waals surface area contributed by atoms with Crippen LogP contribution in [-0.4, -0.2) is 15.9 Å². The van der Waals surface area contributed by atoms with Crippen LogP contribution in [0.1, 0.15) is 45.0 Å². The molecule has 0 radical (unpaired) electrons. The summed E-state index contributed by atoms with van der Waals surface area (Å²) in [4.78, 5) is 17.3. The highest BCUT2D eigenvalue weighted by Crippen LogP contribution is 2.21. The number of aromatic nitrogens is 2. The molecule has 0 aromatic carbocycles. The SMILES string of the molecule is CC(=O)[O-].CCCCc1nc(Cl)c(CC)c(Cl)n1. The van der Waals surface area contributed by atoms with Crippen LogP contribution in [-0.2, 0) is 17.6 Å². The fourth-order valence-electron chi connectivity index (χ4n) is 1.21. The minimum Gasteiger partial charge on any atom is -0.550 e. The number of unbranched alkanes of at least 4 members (excludes halogenated alkanes) is 1. The van der Waals surface area contributed by atoms with E-state index in [9.17, 15) is 0 Å². The normalized spacial score (nSPS) is 9.61. The van der Waals surface area contributed by atoms with E-state index < -0.39 is 5.97 Å². The molecule has 0 N–H and O–H groups in total. The van der Waals surface area contributed by atoms with Gasteiger partial charge in [-0.15, -0.1) is 0 Å². The molecule has 0 saturated carbocycles. The molecule has 1 rings (SSSR count). The molecule has 1 aromatic heterocycles. The number of aliphatic carboxylic acids is 1. The van der Waals surface area contributed by atoms with Gasteiger partial charge >= 0.3 is 0 Å². The second-order valence-corrected chi connectivity index (χ2v) is 4.36. The number of carboxylic acids is 1. The quantitative estimate of drug-likeness (QED) is 0.799. The second-order valence-electron chi connectivity index (χ2n) is 3.65. The van der Waals surface area contributed by atoms with Gasteiger partial charge in [0, 0.05) is 18.0 Å². The number of carbonyl (C=O) groups excluding carboxylic acids is 1. The molecule has 0 amide bonds. The smallest absolute Gasteiger partial charge is 0.137 e. The highest BCUT2D eigenvalue weighted by Gasteiger charge is 2.09. The summed E-state index contributed by atoms with van der Waals surface area (Å²) in [6.07, 6.45) is 3.80. The molecule has 0 aliphatic carbocycles. The first-order chi connectivity index (χ1) is 8.42. The summed E-state index contributed by atoms with van der Waals surface area (Å²) in [7, 11) is 0. The summed E-state index contributed by atoms with van der Waals surface area (Å²) >= 11 is 12.0. The number of nitrogens with zero attached hydrogens (tertiary/aromatic N) is 2. The Labute approximate surface area is 117 Å². The van der Waals surface area contributed by atoms with Crippen LogP contribution in [0.2, 0.25) is 10.3 Å². The molecule has 0 unspecified atom stereocenters. The number of carboxylic acid groups (broad SMARTS) is 1. The van der Waals surface area contributed by atoms with Crippen molar-refractivity contribution in [2.24, 2.45) is 0 Å². The van der Waals surface area contributed by atoms with Crippen LogP contribution < -0.4 is 5.11 Å². The molecule has 0 aliphatic heterocycles. The van der Waals surface area contributed by atoms with Crippen molar-refractivity contribution in [2.75, 3.05) is 0 Å². The van der Waals surface area contributed by atoms with E-state index in [2.05, 4.69) is 16.9 Å². The number of halogens is 2. The van der Waals surface area contributed by atoms with Gasteiger partial charge in [-0.1, -0.05) is 43.5 Å². The van der Waals surface area contributed by atoms with Gasteiger partial charge in [-0.2, -0.15) is 0 Å². The van der Waals surface area contributed by atoms with Gasteiger partial charge in [-0.25, -0.2) is 9.97 Å². The molecule has 0 saturated heterocycles. The highest BCUT2D eigenvalue weighted by molar-refractivity contribution is 6.34. The van der Waals surface area contributed by atoms with E-state index in [0.29, 0.717) is 10.3 Å². The zero-order valence-corrected chi connectivity index (χ0v) is 12.3. The summed E-state index contributed by atoms with van der Waals surface area (Å²) in [6, 6.07) is 0. The molecule has 0 bridgehead atoms. The van der Waals surface area contributed by atoms with Crippen LogP contribution in [0.25, 0.3) is 0 Å². The average Bonchev–Trinajstić information content (AvgIpc) is 2.25. The second kappa shape index (κ2) is 9.11. The Morgan fingerprint density at radius 2 is 1.67 bits per heavy atom. The van der Waals surface area contributed by atoms with Crippen molar-refractivity contribution in [3.05, 3.63) is 21.7 Å². The summed E-state index contributed by atoms with van der Waals surface area (Å²) in [6.45, 7) is 5.09.